The third-order valence-electron chi connectivity index (χ3n) is 9.48. The summed E-state index contributed by atoms with van der Waals surface area (Å²) < 4.78 is 18.5. The summed E-state index contributed by atoms with van der Waals surface area (Å²) in [7, 11) is 0. The number of hydrogen-bond acceptors (Lipinski definition) is 2. The minimum absolute atomic E-state index is 0.0225. The molecule has 6 heteroatoms. The van der Waals surface area contributed by atoms with Gasteiger partial charge in [-0.05, 0) is 69.5 Å². The summed E-state index contributed by atoms with van der Waals surface area (Å²) in [6, 6.07) is 35.0. The van der Waals surface area contributed by atoms with E-state index in [4.69, 9.17) is 9.47 Å². The zero-order valence-corrected chi connectivity index (χ0v) is 21.3. The highest BCUT2D eigenvalue weighted by Gasteiger charge is 2.45. The van der Waals surface area contributed by atoms with Gasteiger partial charge in [0, 0.05) is 33.1 Å². The van der Waals surface area contributed by atoms with E-state index in [0.29, 0.717) is 0 Å². The fraction of sp³-hybridized carbons (Fsp3) is 0. The van der Waals surface area contributed by atoms with E-state index in [-0.39, 0.29) is 13.7 Å². The summed E-state index contributed by atoms with van der Waals surface area (Å²) >= 11 is 0. The van der Waals surface area contributed by atoms with Crippen LogP contribution in [-0.2, 0) is 0 Å². The molecule has 4 aliphatic rings. The Morgan fingerprint density at radius 1 is 0.450 bits per heavy atom. The summed E-state index contributed by atoms with van der Waals surface area (Å²) in [5, 5.41) is 2.52. The van der Waals surface area contributed by atoms with E-state index < -0.39 is 0 Å². The lowest BCUT2D eigenvalue weighted by molar-refractivity contribution is 0.424. The highest BCUT2D eigenvalue weighted by atomic mass is 16.5. The van der Waals surface area contributed by atoms with Gasteiger partial charge in [-0.25, -0.2) is 0 Å². The highest BCUT2D eigenvalue weighted by molar-refractivity contribution is 6.90. The van der Waals surface area contributed by atoms with Crippen molar-refractivity contribution in [2.75, 3.05) is 0 Å². The summed E-state index contributed by atoms with van der Waals surface area (Å²) in [6.45, 7) is 0.0451. The Balaban J connectivity index is 1.22. The standard InChI is InChI=1S/C34H18B2N2O2/c1-5-19-15-17-37-31(19)23(9-1)21-7-3-11-27-29(21)35(37)25-13-14-26-34(33(25)39-27)40-28-12-4-8-22-24-10-2-6-20-16-18-38(32(20)24)36(26)30(22)28/h1-18H. The molecule has 0 aliphatic carbocycles. The van der Waals surface area contributed by atoms with E-state index in [2.05, 4.69) is 118 Å². The highest BCUT2D eigenvalue weighted by Crippen LogP contribution is 2.44. The van der Waals surface area contributed by atoms with Crippen LogP contribution >= 0.6 is 0 Å². The smallest absolute Gasteiger partial charge is 0.336 e. The van der Waals surface area contributed by atoms with Crippen LogP contribution in [0.25, 0.3) is 44.1 Å². The number of aromatic nitrogens is 2. The molecule has 6 heterocycles. The lowest BCUT2D eigenvalue weighted by Gasteiger charge is -2.37. The molecule has 7 aromatic rings. The van der Waals surface area contributed by atoms with Gasteiger partial charge in [-0.2, -0.15) is 0 Å². The minimum Gasteiger partial charge on any atom is -0.454 e. The van der Waals surface area contributed by atoms with E-state index >= 15 is 0 Å². The Morgan fingerprint density at radius 3 is 1.40 bits per heavy atom. The first-order valence-electron chi connectivity index (χ1n) is 13.8. The van der Waals surface area contributed by atoms with Crippen molar-refractivity contribution >= 4 is 57.4 Å². The molecule has 4 aliphatic heterocycles. The van der Waals surface area contributed by atoms with Gasteiger partial charge in [0.15, 0.2) is 11.5 Å². The van der Waals surface area contributed by atoms with E-state index in [1.807, 2.05) is 0 Å². The molecule has 0 unspecified atom stereocenters. The van der Waals surface area contributed by atoms with Gasteiger partial charge in [-0.1, -0.05) is 72.8 Å². The zero-order valence-electron chi connectivity index (χ0n) is 21.3. The van der Waals surface area contributed by atoms with E-state index in [0.717, 1.165) is 33.9 Å². The number of rotatable bonds is 0. The molecule has 0 bridgehead atoms. The third-order valence-corrected chi connectivity index (χ3v) is 9.48. The van der Waals surface area contributed by atoms with Crippen LogP contribution in [0.15, 0.2) is 109 Å². The van der Waals surface area contributed by atoms with Gasteiger partial charge in [0.1, 0.15) is 11.5 Å². The van der Waals surface area contributed by atoms with Crippen LogP contribution in [0.5, 0.6) is 23.0 Å². The lowest BCUT2D eigenvalue weighted by atomic mass is 9.43. The van der Waals surface area contributed by atoms with Crippen LogP contribution in [0.4, 0.5) is 0 Å². The molecule has 4 nitrogen and oxygen atoms in total. The van der Waals surface area contributed by atoms with Gasteiger partial charge in [-0.3, -0.25) is 0 Å². The first-order valence-corrected chi connectivity index (χ1v) is 13.8. The zero-order chi connectivity index (χ0) is 25.7. The van der Waals surface area contributed by atoms with Gasteiger partial charge < -0.3 is 18.4 Å². The molecule has 0 spiro atoms. The Hall–Kier alpha value is -5.09. The van der Waals surface area contributed by atoms with Crippen LogP contribution in [0.3, 0.4) is 0 Å². The SMILES string of the molecule is c1cc2c3c(c1)-c1cccc4ccn(c14)B3c1ccc3c(c1O2)Oc1cccc2c1B3n1ccc3cccc-2c31. The fourth-order valence-electron chi connectivity index (χ4n) is 7.95. The van der Waals surface area contributed by atoms with Gasteiger partial charge in [0.2, 0.25) is 0 Å². The molecule has 2 aromatic heterocycles. The molecular formula is C34H18B2N2O2. The van der Waals surface area contributed by atoms with Crippen molar-refractivity contribution in [1.29, 1.82) is 0 Å². The number of ether oxygens (including phenoxy) is 2. The minimum atomic E-state index is 0.0225. The topological polar surface area (TPSA) is 28.3 Å². The van der Waals surface area contributed by atoms with Crippen molar-refractivity contribution in [3.05, 3.63) is 109 Å². The maximum atomic E-state index is 6.84. The van der Waals surface area contributed by atoms with Crippen molar-refractivity contribution in [2.45, 2.75) is 0 Å². The van der Waals surface area contributed by atoms with Gasteiger partial charge >= 0.3 is 13.7 Å². The van der Waals surface area contributed by atoms with Crippen LogP contribution in [-0.4, -0.2) is 22.7 Å². The number of hydrogen-bond donors (Lipinski definition) is 0. The first kappa shape index (κ1) is 19.9. The molecule has 11 rings (SSSR count). The van der Waals surface area contributed by atoms with Crippen molar-refractivity contribution in [1.82, 2.24) is 8.96 Å². The maximum absolute atomic E-state index is 6.84. The van der Waals surface area contributed by atoms with Gasteiger partial charge in [0.25, 0.3) is 0 Å². The molecule has 182 valence electrons. The number of nitrogens with zero attached hydrogens (tertiary/aromatic N) is 2. The summed E-state index contributed by atoms with van der Waals surface area (Å²) in [4.78, 5) is 0. The van der Waals surface area contributed by atoms with Crippen LogP contribution in [0.2, 0.25) is 0 Å². The Morgan fingerprint density at radius 2 is 0.900 bits per heavy atom. The van der Waals surface area contributed by atoms with E-state index in [1.165, 1.54) is 55.0 Å². The lowest BCUT2D eigenvalue weighted by Crippen LogP contribution is -2.57. The molecule has 0 amide bonds. The summed E-state index contributed by atoms with van der Waals surface area (Å²) in [6.07, 6.45) is 4.45. The van der Waals surface area contributed by atoms with Crippen LogP contribution in [0.1, 0.15) is 0 Å². The molecule has 0 saturated carbocycles. The van der Waals surface area contributed by atoms with Crippen LogP contribution in [0, 0.1) is 0 Å². The molecule has 0 atom stereocenters. The van der Waals surface area contributed by atoms with Crippen molar-refractivity contribution in [3.8, 4) is 45.3 Å². The van der Waals surface area contributed by atoms with Gasteiger partial charge in [0.05, 0.1) is 0 Å². The molecule has 0 N–H and O–H groups in total. The predicted octanol–water partition coefficient (Wildman–Crippen LogP) is 5.08. The summed E-state index contributed by atoms with van der Waals surface area (Å²) in [5.41, 5.74) is 12.3. The number of benzene rings is 5. The Labute approximate surface area is 230 Å². The molecule has 0 radical (unpaired) electrons. The number of para-hydroxylation sites is 2. The quantitative estimate of drug-likeness (QED) is 0.268. The monoisotopic (exact) mass is 508 g/mol. The second-order valence-electron chi connectivity index (χ2n) is 11.3. The predicted molar refractivity (Wildman–Crippen MR) is 162 cm³/mol. The van der Waals surface area contributed by atoms with Crippen molar-refractivity contribution in [3.63, 3.8) is 0 Å². The van der Waals surface area contributed by atoms with Crippen molar-refractivity contribution in [2.24, 2.45) is 0 Å². The average molecular weight is 508 g/mol. The second kappa shape index (κ2) is 6.54. The molecular weight excluding hydrogens is 490 g/mol. The number of fused-ring (bicyclic) bond motifs is 9. The molecule has 0 fully saturated rings. The Kier molecular flexibility index (Phi) is 3.26. The molecule has 5 aromatic carbocycles. The second-order valence-corrected chi connectivity index (χ2v) is 11.3. The Bertz CT molecular complexity index is 2150. The maximum Gasteiger partial charge on any atom is 0.336 e. The fourth-order valence-corrected chi connectivity index (χ4v) is 7.95. The van der Waals surface area contributed by atoms with E-state index in [1.54, 1.807) is 0 Å². The largest absolute Gasteiger partial charge is 0.454 e. The van der Waals surface area contributed by atoms with Crippen molar-refractivity contribution < 1.29 is 9.47 Å². The first-order chi connectivity index (χ1) is 19.8. The molecule has 40 heavy (non-hydrogen) atoms. The van der Waals surface area contributed by atoms with Crippen LogP contribution < -0.4 is 31.3 Å². The van der Waals surface area contributed by atoms with Gasteiger partial charge in [-0.15, -0.1) is 0 Å². The third kappa shape index (κ3) is 2.11. The normalized spacial score (nSPS) is 14.3. The average Bonchev–Trinajstić information content (AvgIpc) is 3.63. The summed E-state index contributed by atoms with van der Waals surface area (Å²) in [5.74, 6) is 3.46. The van der Waals surface area contributed by atoms with E-state index in [9.17, 15) is 0 Å². The molecule has 0 saturated heterocycles.